The molecule has 342 valence electrons. The topological polar surface area (TPSA) is 218 Å². The normalized spacial score (nSPS) is 40.1. The van der Waals surface area contributed by atoms with Gasteiger partial charge in [0.1, 0.15) is 69.3 Å². The van der Waals surface area contributed by atoms with Crippen LogP contribution in [0.3, 0.4) is 0 Å². The molecule has 8 aliphatic rings. The number of fused-ring (bicyclic) bond motifs is 3. The Bertz CT molecular complexity index is 1940. The van der Waals surface area contributed by atoms with Gasteiger partial charge in [0.2, 0.25) is 0 Å². The van der Waals surface area contributed by atoms with Crippen LogP contribution in [0.1, 0.15) is 40.5 Å². The summed E-state index contributed by atoms with van der Waals surface area (Å²) in [7, 11) is -4.62. The molecule has 1 saturated carbocycles. The minimum absolute atomic E-state index is 0. The fourth-order valence-corrected chi connectivity index (χ4v) is 10.6. The highest BCUT2D eigenvalue weighted by Gasteiger charge is 2.69. The zero-order valence-electron chi connectivity index (χ0n) is 34.6. The Hall–Kier alpha value is -3.18. The lowest BCUT2D eigenvalue weighted by atomic mass is 9.57. The lowest BCUT2D eigenvalue weighted by Gasteiger charge is -2.54. The number of aliphatic hydroxyl groups is 1. The largest absolute Gasteiger partial charge is 1.00 e. The number of cyclic esters (lactones) is 1. The smallest absolute Gasteiger partial charge is 0.485 e. The van der Waals surface area contributed by atoms with E-state index in [9.17, 15) is 37.5 Å². The van der Waals surface area contributed by atoms with E-state index in [2.05, 4.69) is 12.2 Å². The van der Waals surface area contributed by atoms with Crippen molar-refractivity contribution in [2.75, 3.05) is 59.5 Å². The fourth-order valence-electron chi connectivity index (χ4n) is 10.6. The van der Waals surface area contributed by atoms with E-state index in [4.69, 9.17) is 42.4 Å². The van der Waals surface area contributed by atoms with Crippen molar-refractivity contribution in [3.05, 3.63) is 47.6 Å². The number of hydrogen-bond donors (Lipinski definition) is 2. The number of nitrogens with zero attached hydrogens (tertiary/aromatic N) is 2. The molecule has 3 N–H and O–H groups in total. The maximum atomic E-state index is 13.8. The second-order valence-corrected chi connectivity index (χ2v) is 18.9. The van der Waals surface area contributed by atoms with Gasteiger partial charge in [-0.1, -0.05) is 50.3 Å². The monoisotopic (exact) mass is 953 g/mol. The molecule has 0 radical (unpaired) electrons. The zero-order chi connectivity index (χ0) is 44.2. The number of primary amides is 1. The number of nitrogens with two attached hydrogens (primary N) is 1. The van der Waals surface area contributed by atoms with Crippen LogP contribution < -0.4 is 22.7 Å². The minimum atomic E-state index is -6.09. The maximum absolute atomic E-state index is 13.8. The Balaban J connectivity index is 0.000000712. The van der Waals surface area contributed by atoms with Crippen LogP contribution in [0.2, 0.25) is 0 Å². The number of halogens is 4. The first-order valence-corrected chi connectivity index (χ1v) is 21.6. The molecule has 4 saturated heterocycles. The predicted octanol–water partition coefficient (Wildman–Crippen LogP) is -1.60. The quantitative estimate of drug-likeness (QED) is 0.0666. The second kappa shape index (κ2) is 18.1. The molecule has 5 aliphatic heterocycles. The lowest BCUT2D eigenvalue weighted by Crippen LogP contribution is -3.00. The average Bonchev–Trinajstić information content (AvgIpc) is 3.77. The highest BCUT2D eigenvalue weighted by molar-refractivity contribution is 7.86. The highest BCUT2D eigenvalue weighted by atomic mass is 79.9. The third-order valence-corrected chi connectivity index (χ3v) is 14.4. The Labute approximate surface area is 363 Å². The standard InChI is InChI=1S/C39H54N3O10.CHF3O3S.BrH/c1-22-18-23(2)39-27(10-11-28-32(39)33(45)24(3)35(36(28)52-39)51-37(46)26-8-6-7-9-26)19-29(48-5)38(47)50-34(22)25(4)49-31(44)21-42-15-12-41(13-16-42,14-17-42)20-30(40)43;2-1(3,4)8(5,6)7;/h6-8,10-11,18,22,24-25,27-29,32-36,45H,9,12-17,19-21H2,1-5H3,(H-,40,43);(H,5,6,7);1H/q+1;;/p-1/b23-18+;;/t22-,24-,25-,27-,28-,29+,32+,33-,34+,35-,36-,39+,41?,42?;;/m1../s1. The summed E-state index contributed by atoms with van der Waals surface area (Å²) >= 11 is 0. The van der Waals surface area contributed by atoms with E-state index in [1.807, 2.05) is 39.0 Å². The molecular formula is C40H55BrF3N3O13S. The van der Waals surface area contributed by atoms with Crippen LogP contribution in [0.15, 0.2) is 47.6 Å². The van der Waals surface area contributed by atoms with Gasteiger partial charge >= 0.3 is 23.4 Å². The van der Waals surface area contributed by atoms with Gasteiger partial charge in [-0.3, -0.25) is 4.79 Å². The molecule has 12 atom stereocenters. The van der Waals surface area contributed by atoms with E-state index in [0.717, 1.165) is 44.8 Å². The van der Waals surface area contributed by atoms with Gasteiger partial charge < -0.3 is 65.0 Å². The molecule has 3 aliphatic carbocycles. The minimum Gasteiger partial charge on any atom is -1.00 e. The summed E-state index contributed by atoms with van der Waals surface area (Å²) in [5.74, 6) is -3.31. The van der Waals surface area contributed by atoms with E-state index in [1.54, 1.807) is 13.0 Å². The van der Waals surface area contributed by atoms with Crippen LogP contribution in [0, 0.1) is 29.6 Å². The Morgan fingerprint density at radius 3 is 2.20 bits per heavy atom. The first kappa shape index (κ1) is 48.8. The number of alkyl halides is 3. The van der Waals surface area contributed by atoms with Crippen molar-refractivity contribution < 1.29 is 100 Å². The molecule has 16 nitrogen and oxygen atoms in total. The number of methoxy groups -OCH3 is 1. The third-order valence-electron chi connectivity index (χ3n) is 13.8. The van der Waals surface area contributed by atoms with Gasteiger partial charge in [-0.05, 0) is 32.3 Å². The first-order valence-electron chi connectivity index (χ1n) is 20.2. The number of allylic oxidation sites excluding steroid dienone is 3. The van der Waals surface area contributed by atoms with Gasteiger partial charge in [0.25, 0.3) is 5.91 Å². The molecule has 1 amide bonds. The molecule has 8 rings (SSSR count). The van der Waals surface area contributed by atoms with Crippen molar-refractivity contribution in [3.8, 4) is 0 Å². The van der Waals surface area contributed by atoms with Crippen LogP contribution in [-0.4, -0.2) is 158 Å². The number of amides is 1. The van der Waals surface area contributed by atoms with E-state index >= 15 is 0 Å². The number of ether oxygens (including phenoxy) is 5. The van der Waals surface area contributed by atoms with Crippen molar-refractivity contribution in [3.63, 3.8) is 0 Å². The van der Waals surface area contributed by atoms with Crippen LogP contribution in [0.25, 0.3) is 0 Å². The number of esters is 3. The molecule has 6 bridgehead atoms. The molecule has 61 heavy (non-hydrogen) atoms. The first-order chi connectivity index (χ1) is 28.0. The van der Waals surface area contributed by atoms with E-state index in [0.29, 0.717) is 27.5 Å². The molecule has 0 unspecified atom stereocenters. The number of piperazine rings is 3. The van der Waals surface area contributed by atoms with Crippen molar-refractivity contribution >= 4 is 33.9 Å². The molecular weight excluding hydrogens is 899 g/mol. The number of rotatable bonds is 9. The van der Waals surface area contributed by atoms with Crippen molar-refractivity contribution in [2.24, 2.45) is 35.3 Å². The summed E-state index contributed by atoms with van der Waals surface area (Å²) in [6.07, 6.45) is 7.82. The van der Waals surface area contributed by atoms with Crippen LogP contribution in [0.4, 0.5) is 13.2 Å². The summed E-state index contributed by atoms with van der Waals surface area (Å²) in [6.45, 7) is 12.8. The van der Waals surface area contributed by atoms with Gasteiger partial charge in [-0.15, -0.1) is 0 Å². The maximum Gasteiger partial charge on any atom is 0.485 e. The molecule has 5 heterocycles. The predicted molar refractivity (Wildman–Crippen MR) is 202 cm³/mol. The second-order valence-electron chi connectivity index (χ2n) is 17.5. The molecule has 21 heteroatoms. The number of hydrogen-bond acceptors (Lipinski definition) is 13. The van der Waals surface area contributed by atoms with Gasteiger partial charge in [0.15, 0.2) is 29.3 Å². The molecule has 1 spiro atoms. The highest BCUT2D eigenvalue weighted by Crippen LogP contribution is 2.61. The van der Waals surface area contributed by atoms with Crippen molar-refractivity contribution in [1.29, 1.82) is 0 Å². The van der Waals surface area contributed by atoms with Gasteiger partial charge in [0.05, 0.1) is 6.10 Å². The Morgan fingerprint density at radius 2 is 1.67 bits per heavy atom. The van der Waals surface area contributed by atoms with E-state index in [1.165, 1.54) is 7.11 Å². The number of aliphatic hydroxyl groups excluding tert-OH is 1. The van der Waals surface area contributed by atoms with Crippen LogP contribution in [0.5, 0.6) is 0 Å². The molecule has 0 aromatic heterocycles. The Morgan fingerprint density at radius 1 is 1.08 bits per heavy atom. The van der Waals surface area contributed by atoms with Crippen LogP contribution >= 0.6 is 0 Å². The van der Waals surface area contributed by atoms with E-state index < -0.39 is 81.6 Å². The van der Waals surface area contributed by atoms with Crippen molar-refractivity contribution in [2.45, 2.75) is 88.3 Å². The number of carbonyl (C=O) groups is 4. The number of quaternary nitrogens is 2. The molecule has 0 aromatic rings. The zero-order valence-corrected chi connectivity index (χ0v) is 37.0. The summed E-state index contributed by atoms with van der Waals surface area (Å²) in [5.41, 5.74) is 0.330. The average molecular weight is 955 g/mol. The van der Waals surface area contributed by atoms with Gasteiger partial charge in [-0.25, -0.2) is 22.8 Å². The fraction of sp³-hybridized carbons (Fsp3) is 0.700. The molecule has 0 aromatic carbocycles. The SMILES string of the molecule is CO[C@H]1C[C@H]2C=C[C@H]3[C@H]4O[C@]2(/C(C)=C/[C@@H](C)[C@@H]([C@@H](C)OC(=O)C[N+]25CC[N+](CC(N)=O)(CC2)CC5)OC1=O)[C@@H]3[C@H](O)[C@@H](C)[C@H]4OC(=O)C1=CC=CC1.O=S(=O)([O-])C(F)(F)F.[Br-]. The molecule has 5 fully saturated rings. The third kappa shape index (κ3) is 9.54. The summed E-state index contributed by atoms with van der Waals surface area (Å²) in [6, 6.07) is 0. The summed E-state index contributed by atoms with van der Waals surface area (Å²) in [4.78, 5) is 52.2. The summed E-state index contributed by atoms with van der Waals surface area (Å²) < 4.78 is 91.4. The summed E-state index contributed by atoms with van der Waals surface area (Å²) in [5, 5.41) is 12.0. The van der Waals surface area contributed by atoms with Gasteiger partial charge in [0, 0.05) is 42.3 Å². The van der Waals surface area contributed by atoms with Gasteiger partial charge in [-0.2, -0.15) is 13.2 Å². The van der Waals surface area contributed by atoms with Crippen LogP contribution in [-0.2, 0) is 53.0 Å². The number of carbonyl (C=O) groups excluding carboxylic acids is 4. The van der Waals surface area contributed by atoms with Crippen molar-refractivity contribution in [1.82, 2.24) is 0 Å². The lowest BCUT2D eigenvalue weighted by molar-refractivity contribution is -1.07. The van der Waals surface area contributed by atoms with E-state index in [-0.39, 0.29) is 59.6 Å². The Kier molecular flexibility index (Phi) is 14.5.